The summed E-state index contributed by atoms with van der Waals surface area (Å²) in [7, 11) is 0. The Balaban J connectivity index is 1.55. The fraction of sp³-hybridized carbons (Fsp3) is 0.350. The second-order valence-corrected chi connectivity index (χ2v) is 5.83. The molecule has 2 aromatic rings. The number of aryl methyl sites for hydroxylation is 2. The van der Waals surface area contributed by atoms with Crippen molar-refractivity contribution in [1.29, 1.82) is 0 Å². The van der Waals surface area contributed by atoms with Crippen LogP contribution in [0.25, 0.3) is 0 Å². The van der Waals surface area contributed by atoms with Crippen LogP contribution in [0.5, 0.6) is 5.75 Å². The van der Waals surface area contributed by atoms with Gasteiger partial charge in [0, 0.05) is 13.1 Å². The maximum Gasteiger partial charge on any atom is 0.314 e. The summed E-state index contributed by atoms with van der Waals surface area (Å²) in [6.07, 6.45) is 1.62. The maximum absolute atomic E-state index is 11.7. The van der Waals surface area contributed by atoms with Crippen molar-refractivity contribution in [3.8, 4) is 5.75 Å². The predicted octanol–water partition coefficient (Wildman–Crippen LogP) is 3.61. The zero-order valence-electron chi connectivity index (χ0n) is 14.5. The van der Waals surface area contributed by atoms with Gasteiger partial charge in [0.2, 0.25) is 0 Å². The van der Waals surface area contributed by atoms with Crippen LogP contribution in [0.1, 0.15) is 23.1 Å². The molecular weight excluding hydrogens is 300 g/mol. The summed E-state index contributed by atoms with van der Waals surface area (Å²) in [4.78, 5) is 11.7. The number of nitrogens with one attached hydrogen (secondary N) is 2. The molecule has 2 amide bonds. The molecule has 4 heteroatoms. The molecule has 0 heterocycles. The summed E-state index contributed by atoms with van der Waals surface area (Å²) in [5, 5.41) is 5.74. The van der Waals surface area contributed by atoms with Gasteiger partial charge >= 0.3 is 6.03 Å². The minimum atomic E-state index is -0.125. The van der Waals surface area contributed by atoms with Gasteiger partial charge in [-0.25, -0.2) is 4.79 Å². The highest BCUT2D eigenvalue weighted by Gasteiger charge is 2.02. The molecule has 0 aliphatic carbocycles. The van der Waals surface area contributed by atoms with Crippen LogP contribution >= 0.6 is 0 Å². The molecule has 0 atom stereocenters. The van der Waals surface area contributed by atoms with Crippen LogP contribution in [0.3, 0.4) is 0 Å². The van der Waals surface area contributed by atoms with Gasteiger partial charge in [-0.1, -0.05) is 42.5 Å². The van der Waals surface area contributed by atoms with Gasteiger partial charge in [0.05, 0.1) is 6.61 Å². The zero-order valence-corrected chi connectivity index (χ0v) is 14.5. The second-order valence-electron chi connectivity index (χ2n) is 5.83. The van der Waals surface area contributed by atoms with Crippen LogP contribution < -0.4 is 15.4 Å². The highest BCUT2D eigenvalue weighted by atomic mass is 16.5. The quantitative estimate of drug-likeness (QED) is 0.728. The fourth-order valence-corrected chi connectivity index (χ4v) is 2.44. The van der Waals surface area contributed by atoms with E-state index in [1.807, 2.05) is 43.3 Å². The van der Waals surface area contributed by atoms with Crippen molar-refractivity contribution in [2.45, 2.75) is 26.7 Å². The predicted molar refractivity (Wildman–Crippen MR) is 97.6 cm³/mol. The SMILES string of the molecule is Cc1ccccc1CCNC(=O)NCCCOc1ccccc1C. The van der Waals surface area contributed by atoms with Crippen molar-refractivity contribution < 1.29 is 9.53 Å². The van der Waals surface area contributed by atoms with Crippen LogP contribution in [0.4, 0.5) is 4.79 Å². The normalized spacial score (nSPS) is 10.2. The van der Waals surface area contributed by atoms with E-state index in [4.69, 9.17) is 4.74 Å². The summed E-state index contributed by atoms with van der Waals surface area (Å²) in [6.45, 7) is 5.94. The smallest absolute Gasteiger partial charge is 0.314 e. The van der Waals surface area contributed by atoms with Gasteiger partial charge in [0.1, 0.15) is 5.75 Å². The van der Waals surface area contributed by atoms with Crippen LogP contribution in [0, 0.1) is 13.8 Å². The summed E-state index contributed by atoms with van der Waals surface area (Å²) in [6, 6.07) is 16.0. The summed E-state index contributed by atoms with van der Waals surface area (Å²) in [5.74, 6) is 0.903. The van der Waals surface area contributed by atoms with Crippen LogP contribution in [0.15, 0.2) is 48.5 Å². The number of hydrogen-bond acceptors (Lipinski definition) is 2. The number of amides is 2. The van der Waals surface area contributed by atoms with Crippen LogP contribution in [0.2, 0.25) is 0 Å². The Morgan fingerprint density at radius 2 is 1.58 bits per heavy atom. The number of para-hydroxylation sites is 1. The Bertz CT molecular complexity index is 656. The van der Waals surface area contributed by atoms with E-state index in [0.717, 1.165) is 24.2 Å². The van der Waals surface area contributed by atoms with E-state index in [9.17, 15) is 4.79 Å². The van der Waals surface area contributed by atoms with E-state index < -0.39 is 0 Å². The molecule has 0 bridgehead atoms. The third-order valence-electron chi connectivity index (χ3n) is 3.90. The summed E-state index contributed by atoms with van der Waals surface area (Å²) >= 11 is 0. The molecule has 0 saturated carbocycles. The van der Waals surface area contributed by atoms with Gasteiger partial charge < -0.3 is 15.4 Å². The minimum absolute atomic E-state index is 0.125. The number of rotatable bonds is 8. The summed E-state index contributed by atoms with van der Waals surface area (Å²) < 4.78 is 5.70. The van der Waals surface area contributed by atoms with E-state index in [0.29, 0.717) is 19.7 Å². The van der Waals surface area contributed by atoms with Gasteiger partial charge in [-0.2, -0.15) is 0 Å². The van der Waals surface area contributed by atoms with Crippen molar-refractivity contribution in [3.63, 3.8) is 0 Å². The Morgan fingerprint density at radius 1 is 0.917 bits per heavy atom. The molecule has 0 aromatic heterocycles. The van der Waals surface area contributed by atoms with E-state index in [-0.39, 0.29) is 6.03 Å². The minimum Gasteiger partial charge on any atom is -0.493 e. The second kappa shape index (κ2) is 9.60. The van der Waals surface area contributed by atoms with Crippen LogP contribution in [-0.2, 0) is 6.42 Å². The number of carbonyl (C=O) groups is 1. The third-order valence-corrected chi connectivity index (χ3v) is 3.90. The van der Waals surface area contributed by atoms with Crippen molar-refractivity contribution in [2.24, 2.45) is 0 Å². The van der Waals surface area contributed by atoms with E-state index >= 15 is 0 Å². The van der Waals surface area contributed by atoms with E-state index in [1.165, 1.54) is 11.1 Å². The average molecular weight is 326 g/mol. The van der Waals surface area contributed by atoms with E-state index in [1.54, 1.807) is 0 Å². The molecule has 24 heavy (non-hydrogen) atoms. The maximum atomic E-state index is 11.7. The van der Waals surface area contributed by atoms with Gasteiger partial charge in [0.15, 0.2) is 0 Å². The third kappa shape index (κ3) is 5.95. The Morgan fingerprint density at radius 3 is 2.33 bits per heavy atom. The molecule has 0 radical (unpaired) electrons. The zero-order chi connectivity index (χ0) is 17.2. The standard InChI is InChI=1S/C20H26N2O2/c1-16-8-3-5-10-18(16)12-14-22-20(23)21-13-7-15-24-19-11-6-4-9-17(19)2/h3-6,8-11H,7,12-15H2,1-2H3,(H2,21,22,23). The van der Waals surface area contributed by atoms with Crippen molar-refractivity contribution in [3.05, 3.63) is 65.2 Å². The Hall–Kier alpha value is -2.49. The lowest BCUT2D eigenvalue weighted by atomic mass is 10.1. The lowest BCUT2D eigenvalue weighted by molar-refractivity contribution is 0.239. The molecule has 0 spiro atoms. The highest BCUT2D eigenvalue weighted by molar-refractivity contribution is 5.73. The van der Waals surface area contributed by atoms with Gasteiger partial charge in [-0.3, -0.25) is 0 Å². The molecule has 2 aromatic carbocycles. The van der Waals surface area contributed by atoms with Gasteiger partial charge in [0.25, 0.3) is 0 Å². The van der Waals surface area contributed by atoms with Crippen molar-refractivity contribution >= 4 is 6.03 Å². The monoisotopic (exact) mass is 326 g/mol. The first-order valence-corrected chi connectivity index (χ1v) is 8.41. The van der Waals surface area contributed by atoms with E-state index in [2.05, 4.69) is 29.7 Å². The number of benzene rings is 2. The number of hydrogen-bond donors (Lipinski definition) is 2. The molecule has 0 aliphatic heterocycles. The average Bonchev–Trinajstić information content (AvgIpc) is 2.58. The molecule has 0 aliphatic rings. The largest absolute Gasteiger partial charge is 0.493 e. The summed E-state index contributed by atoms with van der Waals surface area (Å²) in [5.41, 5.74) is 3.65. The molecule has 2 rings (SSSR count). The molecule has 128 valence electrons. The first kappa shape index (κ1) is 17.9. The molecular formula is C20H26N2O2. The Kier molecular flexibility index (Phi) is 7.15. The van der Waals surface area contributed by atoms with Gasteiger partial charge in [-0.15, -0.1) is 0 Å². The van der Waals surface area contributed by atoms with Crippen molar-refractivity contribution in [2.75, 3.05) is 19.7 Å². The number of ether oxygens (including phenoxy) is 1. The van der Waals surface area contributed by atoms with Crippen molar-refractivity contribution in [1.82, 2.24) is 10.6 Å². The highest BCUT2D eigenvalue weighted by Crippen LogP contribution is 2.15. The first-order valence-electron chi connectivity index (χ1n) is 8.41. The first-order chi connectivity index (χ1) is 11.7. The molecule has 0 unspecified atom stereocenters. The lowest BCUT2D eigenvalue weighted by Crippen LogP contribution is -2.37. The lowest BCUT2D eigenvalue weighted by Gasteiger charge is -2.10. The molecule has 0 saturated heterocycles. The number of carbonyl (C=O) groups excluding carboxylic acids is 1. The fourth-order valence-electron chi connectivity index (χ4n) is 2.44. The van der Waals surface area contributed by atoms with Gasteiger partial charge in [-0.05, 0) is 49.4 Å². The van der Waals surface area contributed by atoms with Crippen LogP contribution in [-0.4, -0.2) is 25.7 Å². The molecule has 2 N–H and O–H groups in total. The number of urea groups is 1. The molecule has 4 nitrogen and oxygen atoms in total. The Labute approximate surface area is 144 Å². The molecule has 0 fully saturated rings. The topological polar surface area (TPSA) is 50.4 Å².